The maximum atomic E-state index is 11.3. The maximum Gasteiger partial charge on any atom is 0.296 e. The number of nitrogens with zero attached hydrogens (tertiary/aromatic N) is 2. The molecule has 2 atom stereocenters. The molecule has 0 amide bonds. The first kappa shape index (κ1) is 15.4. The van der Waals surface area contributed by atoms with Crippen LogP contribution in [0.4, 0.5) is 11.4 Å². The van der Waals surface area contributed by atoms with Crippen LogP contribution in [0.3, 0.4) is 0 Å². The molecule has 2 rings (SSSR count). The molecule has 0 aromatic heterocycles. The molecule has 0 aliphatic carbocycles. The summed E-state index contributed by atoms with van der Waals surface area (Å²) in [5.41, 5.74) is 6.51. The van der Waals surface area contributed by atoms with Crippen molar-refractivity contribution in [3.05, 3.63) is 22.2 Å². The molecule has 2 N–H and O–H groups in total. The lowest BCUT2D eigenvalue weighted by Crippen LogP contribution is -2.29. The van der Waals surface area contributed by atoms with Gasteiger partial charge in [0.15, 0.2) is 11.5 Å². The van der Waals surface area contributed by atoms with Gasteiger partial charge in [0, 0.05) is 25.2 Å². The minimum atomic E-state index is -0.392. The molecule has 116 valence electrons. The molecule has 0 bridgehead atoms. The van der Waals surface area contributed by atoms with E-state index in [2.05, 4.69) is 0 Å². The number of anilines is 1. The van der Waals surface area contributed by atoms with Crippen LogP contribution in [-0.2, 0) is 0 Å². The maximum absolute atomic E-state index is 11.3. The minimum Gasteiger partial charge on any atom is -0.493 e. The standard InChI is InChI=1S/C14H21N3O4/c1-9(15)10-4-5-16(8-10)11-6-13(20-2)14(21-3)7-12(11)17(18)19/h6-7,9-10H,4-5,8,15H2,1-3H3. The molecule has 1 heterocycles. The first-order chi connectivity index (χ1) is 9.97. The number of nitrogens with two attached hydrogens (primary N) is 1. The molecule has 1 saturated heterocycles. The van der Waals surface area contributed by atoms with Crippen LogP contribution in [0, 0.1) is 16.0 Å². The summed E-state index contributed by atoms with van der Waals surface area (Å²) in [6.07, 6.45) is 0.934. The van der Waals surface area contributed by atoms with Gasteiger partial charge in [-0.3, -0.25) is 10.1 Å². The first-order valence-corrected chi connectivity index (χ1v) is 6.88. The third kappa shape index (κ3) is 3.02. The highest BCUT2D eigenvalue weighted by molar-refractivity contribution is 5.70. The fraction of sp³-hybridized carbons (Fsp3) is 0.571. The predicted octanol–water partition coefficient (Wildman–Crippen LogP) is 1.79. The van der Waals surface area contributed by atoms with Gasteiger partial charge in [0.1, 0.15) is 5.69 Å². The number of hydrogen-bond donors (Lipinski definition) is 1. The van der Waals surface area contributed by atoms with Crippen molar-refractivity contribution in [2.24, 2.45) is 11.7 Å². The van der Waals surface area contributed by atoms with Crippen molar-refractivity contribution in [2.75, 3.05) is 32.2 Å². The smallest absolute Gasteiger partial charge is 0.296 e. The Morgan fingerprint density at radius 2 is 2.00 bits per heavy atom. The van der Waals surface area contributed by atoms with Crippen LogP contribution < -0.4 is 20.1 Å². The van der Waals surface area contributed by atoms with Crippen molar-refractivity contribution >= 4 is 11.4 Å². The summed E-state index contributed by atoms with van der Waals surface area (Å²) in [4.78, 5) is 12.9. The van der Waals surface area contributed by atoms with E-state index in [9.17, 15) is 10.1 Å². The van der Waals surface area contributed by atoms with E-state index in [4.69, 9.17) is 15.2 Å². The molecule has 0 saturated carbocycles. The molecule has 2 unspecified atom stereocenters. The molecule has 1 aromatic carbocycles. The molecule has 1 fully saturated rings. The Labute approximate surface area is 123 Å². The van der Waals surface area contributed by atoms with Crippen molar-refractivity contribution < 1.29 is 14.4 Å². The van der Waals surface area contributed by atoms with Crippen molar-refractivity contribution in [2.45, 2.75) is 19.4 Å². The van der Waals surface area contributed by atoms with E-state index in [0.717, 1.165) is 13.0 Å². The summed E-state index contributed by atoms with van der Waals surface area (Å²) in [5, 5.41) is 11.3. The van der Waals surface area contributed by atoms with E-state index >= 15 is 0 Å². The van der Waals surface area contributed by atoms with Crippen LogP contribution in [0.1, 0.15) is 13.3 Å². The van der Waals surface area contributed by atoms with Gasteiger partial charge < -0.3 is 20.1 Å². The van der Waals surface area contributed by atoms with E-state index in [0.29, 0.717) is 29.6 Å². The molecular formula is C14H21N3O4. The summed E-state index contributed by atoms with van der Waals surface area (Å²) < 4.78 is 10.4. The summed E-state index contributed by atoms with van der Waals surface area (Å²) in [6.45, 7) is 3.44. The van der Waals surface area contributed by atoms with Gasteiger partial charge in [0.2, 0.25) is 0 Å². The Balaban J connectivity index is 2.40. The molecule has 0 spiro atoms. The van der Waals surface area contributed by atoms with Crippen molar-refractivity contribution in [1.29, 1.82) is 0 Å². The zero-order chi connectivity index (χ0) is 15.6. The normalized spacial score (nSPS) is 19.4. The van der Waals surface area contributed by atoms with E-state index in [1.807, 2.05) is 11.8 Å². The van der Waals surface area contributed by atoms with E-state index in [1.54, 1.807) is 6.07 Å². The third-order valence-corrected chi connectivity index (χ3v) is 3.99. The number of methoxy groups -OCH3 is 2. The summed E-state index contributed by atoms with van der Waals surface area (Å²) in [6, 6.07) is 3.16. The largest absolute Gasteiger partial charge is 0.493 e. The summed E-state index contributed by atoms with van der Waals surface area (Å²) in [5.74, 6) is 1.19. The number of nitro benzene ring substituents is 1. The van der Waals surface area contributed by atoms with Gasteiger partial charge in [0.05, 0.1) is 25.2 Å². The average Bonchev–Trinajstić information content (AvgIpc) is 2.95. The second-order valence-electron chi connectivity index (χ2n) is 5.31. The van der Waals surface area contributed by atoms with Crippen LogP contribution >= 0.6 is 0 Å². The number of rotatable bonds is 5. The number of benzene rings is 1. The molecular weight excluding hydrogens is 274 g/mol. The number of nitro groups is 1. The Bertz CT molecular complexity index is 533. The highest BCUT2D eigenvalue weighted by atomic mass is 16.6. The lowest BCUT2D eigenvalue weighted by molar-refractivity contribution is -0.384. The third-order valence-electron chi connectivity index (χ3n) is 3.99. The number of ether oxygens (including phenoxy) is 2. The average molecular weight is 295 g/mol. The highest BCUT2D eigenvalue weighted by Gasteiger charge is 2.30. The molecule has 1 aliphatic rings. The Morgan fingerprint density at radius 1 is 1.38 bits per heavy atom. The van der Waals surface area contributed by atoms with Crippen molar-refractivity contribution in [3.63, 3.8) is 0 Å². The molecule has 21 heavy (non-hydrogen) atoms. The van der Waals surface area contributed by atoms with Crippen LogP contribution in [-0.4, -0.2) is 38.3 Å². The van der Waals surface area contributed by atoms with Gasteiger partial charge in [-0.05, 0) is 19.3 Å². The zero-order valence-corrected chi connectivity index (χ0v) is 12.5. The van der Waals surface area contributed by atoms with Gasteiger partial charge >= 0.3 is 0 Å². The van der Waals surface area contributed by atoms with Gasteiger partial charge in [0.25, 0.3) is 5.69 Å². The van der Waals surface area contributed by atoms with Crippen LogP contribution in [0.15, 0.2) is 12.1 Å². The molecule has 7 heteroatoms. The lowest BCUT2D eigenvalue weighted by atomic mass is 10.0. The van der Waals surface area contributed by atoms with Crippen LogP contribution in [0.2, 0.25) is 0 Å². The van der Waals surface area contributed by atoms with Gasteiger partial charge in [-0.15, -0.1) is 0 Å². The summed E-state index contributed by atoms with van der Waals surface area (Å²) in [7, 11) is 2.98. The molecule has 1 aliphatic heterocycles. The lowest BCUT2D eigenvalue weighted by Gasteiger charge is -2.21. The van der Waals surface area contributed by atoms with Gasteiger partial charge in [-0.25, -0.2) is 0 Å². The monoisotopic (exact) mass is 295 g/mol. The van der Waals surface area contributed by atoms with E-state index < -0.39 is 4.92 Å². The second kappa shape index (κ2) is 6.17. The first-order valence-electron chi connectivity index (χ1n) is 6.88. The number of hydrogen-bond acceptors (Lipinski definition) is 6. The van der Waals surface area contributed by atoms with Crippen molar-refractivity contribution in [1.82, 2.24) is 0 Å². The SMILES string of the molecule is COc1cc(N2CCC(C(C)N)C2)c([N+](=O)[O-])cc1OC. The minimum absolute atomic E-state index is 0.0259. The fourth-order valence-electron chi connectivity index (χ4n) is 2.69. The second-order valence-corrected chi connectivity index (χ2v) is 5.31. The topological polar surface area (TPSA) is 90.9 Å². The van der Waals surface area contributed by atoms with E-state index in [-0.39, 0.29) is 11.7 Å². The Morgan fingerprint density at radius 3 is 2.48 bits per heavy atom. The fourth-order valence-corrected chi connectivity index (χ4v) is 2.69. The molecule has 7 nitrogen and oxygen atoms in total. The quantitative estimate of drug-likeness (QED) is 0.657. The van der Waals surface area contributed by atoms with Crippen LogP contribution in [0.25, 0.3) is 0 Å². The highest BCUT2D eigenvalue weighted by Crippen LogP contribution is 2.41. The Kier molecular flexibility index (Phi) is 4.52. The van der Waals surface area contributed by atoms with E-state index in [1.165, 1.54) is 20.3 Å². The predicted molar refractivity (Wildman–Crippen MR) is 80.2 cm³/mol. The van der Waals surface area contributed by atoms with Gasteiger partial charge in [-0.2, -0.15) is 0 Å². The van der Waals surface area contributed by atoms with Crippen molar-refractivity contribution in [3.8, 4) is 11.5 Å². The molecule has 0 radical (unpaired) electrons. The Hall–Kier alpha value is -2.02. The molecule has 1 aromatic rings. The summed E-state index contributed by atoms with van der Waals surface area (Å²) >= 11 is 0. The van der Waals surface area contributed by atoms with Gasteiger partial charge in [-0.1, -0.05) is 0 Å². The zero-order valence-electron chi connectivity index (χ0n) is 12.5. The van der Waals surface area contributed by atoms with Crippen LogP contribution in [0.5, 0.6) is 11.5 Å².